The molecule has 3 aromatic carbocycles. The number of pyridine rings is 1. The molecule has 5 aromatic rings. The summed E-state index contributed by atoms with van der Waals surface area (Å²) >= 11 is 0. The number of benzene rings is 3. The van der Waals surface area contributed by atoms with Gasteiger partial charge in [-0.25, -0.2) is 27.5 Å². The normalized spacial score (nSPS) is 11.7. The van der Waals surface area contributed by atoms with Crippen molar-refractivity contribution >= 4 is 26.7 Å². The van der Waals surface area contributed by atoms with Crippen LogP contribution in [0.5, 0.6) is 5.75 Å². The molecule has 0 unspecified atom stereocenters. The Morgan fingerprint density at radius 1 is 0.951 bits per heavy atom. The number of rotatable bonds is 6. The molecule has 0 amide bonds. The van der Waals surface area contributed by atoms with E-state index in [0.717, 1.165) is 24.5 Å². The summed E-state index contributed by atoms with van der Waals surface area (Å²) in [6.45, 7) is 0. The average Bonchev–Trinajstić information content (AvgIpc) is 2.96. The maximum Gasteiger partial charge on any atom is 0.416 e. The number of anilines is 1. The molecule has 2 heterocycles. The van der Waals surface area contributed by atoms with Crippen molar-refractivity contribution in [2.45, 2.75) is 11.1 Å². The first kappa shape index (κ1) is 27.5. The smallest absolute Gasteiger partial charge is 0.416 e. The van der Waals surface area contributed by atoms with Crippen LogP contribution < -0.4 is 9.46 Å². The highest BCUT2D eigenvalue weighted by molar-refractivity contribution is 7.92. The first-order valence-electron chi connectivity index (χ1n) is 11.7. The van der Waals surface area contributed by atoms with Crippen LogP contribution in [0, 0.1) is 17.1 Å². The standard InChI is InChI=1S/C28H17F4N5O3S/c1-40-25-12-23(16-3-2-4-19(9-16)28(30,31)32)18(13-33)11-24(25)26-22-6-5-21(10-17(22)7-8-34-26)41(38,39)37-27-35-14-20(29)15-36-27/h2-12,14-15H,1H3,(H,35,36,37). The number of nitrogens with zero attached hydrogens (tertiary/aromatic N) is 4. The summed E-state index contributed by atoms with van der Waals surface area (Å²) in [6, 6.07) is 15.4. The predicted octanol–water partition coefficient (Wildman–Crippen LogP) is 6.20. The van der Waals surface area contributed by atoms with E-state index in [9.17, 15) is 31.2 Å². The van der Waals surface area contributed by atoms with Crippen molar-refractivity contribution in [1.29, 1.82) is 5.26 Å². The molecule has 0 atom stereocenters. The van der Waals surface area contributed by atoms with Gasteiger partial charge in [-0.2, -0.15) is 18.4 Å². The maximum atomic E-state index is 13.3. The van der Waals surface area contributed by atoms with Gasteiger partial charge in [0.05, 0.1) is 47.3 Å². The van der Waals surface area contributed by atoms with Crippen molar-refractivity contribution in [2.75, 3.05) is 11.8 Å². The second-order valence-corrected chi connectivity index (χ2v) is 10.3. The van der Waals surface area contributed by atoms with Crippen LogP contribution in [0.15, 0.2) is 84.1 Å². The Labute approximate surface area is 231 Å². The Hall–Kier alpha value is -5.09. The zero-order chi connectivity index (χ0) is 29.4. The lowest BCUT2D eigenvalue weighted by Crippen LogP contribution is -2.15. The zero-order valence-electron chi connectivity index (χ0n) is 20.9. The van der Waals surface area contributed by atoms with E-state index in [-0.39, 0.29) is 33.3 Å². The van der Waals surface area contributed by atoms with Crippen molar-refractivity contribution in [2.24, 2.45) is 0 Å². The second kappa shape index (κ2) is 10.5. The minimum Gasteiger partial charge on any atom is -0.496 e. The number of hydrogen-bond acceptors (Lipinski definition) is 7. The molecule has 0 bridgehead atoms. The third-order valence-electron chi connectivity index (χ3n) is 6.11. The SMILES string of the molecule is COc1cc(-c2cccc(C(F)(F)F)c2)c(C#N)cc1-c1nccc2cc(S(=O)(=O)Nc3ncc(F)cn3)ccc12. The molecular formula is C28H17F4N5O3S. The predicted molar refractivity (Wildman–Crippen MR) is 142 cm³/mol. The van der Waals surface area contributed by atoms with Crippen molar-refractivity contribution in [3.63, 3.8) is 0 Å². The minimum absolute atomic E-state index is 0.0848. The van der Waals surface area contributed by atoms with Gasteiger partial charge >= 0.3 is 6.18 Å². The molecular weight excluding hydrogens is 562 g/mol. The van der Waals surface area contributed by atoms with E-state index >= 15 is 0 Å². The fourth-order valence-corrected chi connectivity index (χ4v) is 5.20. The van der Waals surface area contributed by atoms with Crippen LogP contribution >= 0.6 is 0 Å². The monoisotopic (exact) mass is 579 g/mol. The van der Waals surface area contributed by atoms with Gasteiger partial charge in [0.2, 0.25) is 5.95 Å². The van der Waals surface area contributed by atoms with E-state index in [4.69, 9.17) is 4.74 Å². The van der Waals surface area contributed by atoms with E-state index in [1.165, 1.54) is 55.8 Å². The minimum atomic E-state index is -4.56. The zero-order valence-corrected chi connectivity index (χ0v) is 21.8. The lowest BCUT2D eigenvalue weighted by atomic mass is 9.94. The largest absolute Gasteiger partial charge is 0.496 e. The summed E-state index contributed by atoms with van der Waals surface area (Å²) in [5.41, 5.74) is 0.371. The first-order chi connectivity index (χ1) is 19.5. The number of alkyl halides is 3. The number of nitriles is 1. The molecule has 2 aromatic heterocycles. The number of sulfonamides is 1. The van der Waals surface area contributed by atoms with E-state index < -0.39 is 27.6 Å². The number of ether oxygens (including phenoxy) is 1. The van der Waals surface area contributed by atoms with Crippen molar-refractivity contribution in [3.8, 4) is 34.2 Å². The summed E-state index contributed by atoms with van der Waals surface area (Å²) in [5, 5.41) is 10.9. The van der Waals surface area contributed by atoms with Crippen LogP contribution in [0.4, 0.5) is 23.5 Å². The van der Waals surface area contributed by atoms with Gasteiger partial charge in [-0.15, -0.1) is 0 Å². The van der Waals surface area contributed by atoms with Crippen molar-refractivity contribution in [1.82, 2.24) is 15.0 Å². The summed E-state index contributed by atoms with van der Waals surface area (Å²) in [7, 11) is -2.76. The van der Waals surface area contributed by atoms with Crippen LogP contribution in [-0.4, -0.2) is 30.5 Å². The lowest BCUT2D eigenvalue weighted by molar-refractivity contribution is -0.137. The van der Waals surface area contributed by atoms with Gasteiger partial charge in [-0.3, -0.25) is 4.98 Å². The van der Waals surface area contributed by atoms with E-state index in [0.29, 0.717) is 22.0 Å². The molecule has 0 aliphatic heterocycles. The number of fused-ring (bicyclic) bond motifs is 1. The maximum absolute atomic E-state index is 13.3. The van der Waals surface area contributed by atoms with Gasteiger partial charge < -0.3 is 4.74 Å². The molecule has 0 radical (unpaired) electrons. The average molecular weight is 580 g/mol. The fraction of sp³-hybridized carbons (Fsp3) is 0.0714. The number of methoxy groups -OCH3 is 1. The topological polar surface area (TPSA) is 118 Å². The number of aromatic nitrogens is 3. The highest BCUT2D eigenvalue weighted by Gasteiger charge is 2.31. The molecule has 5 rings (SSSR count). The van der Waals surface area contributed by atoms with Crippen LogP contribution in [0.1, 0.15) is 11.1 Å². The summed E-state index contributed by atoms with van der Waals surface area (Å²) in [6.07, 6.45) is -1.47. The molecule has 0 saturated carbocycles. The van der Waals surface area contributed by atoms with Gasteiger partial charge in [0.15, 0.2) is 5.82 Å². The highest BCUT2D eigenvalue weighted by Crippen LogP contribution is 2.40. The van der Waals surface area contributed by atoms with Crippen LogP contribution in [0.25, 0.3) is 33.2 Å². The Morgan fingerprint density at radius 3 is 2.39 bits per heavy atom. The van der Waals surface area contributed by atoms with Gasteiger partial charge in [-0.05, 0) is 53.4 Å². The van der Waals surface area contributed by atoms with Crippen LogP contribution in [-0.2, 0) is 16.2 Å². The number of hydrogen-bond donors (Lipinski definition) is 1. The first-order valence-corrected chi connectivity index (χ1v) is 13.2. The molecule has 0 saturated heterocycles. The molecule has 41 heavy (non-hydrogen) atoms. The van der Waals surface area contributed by atoms with Gasteiger partial charge in [-0.1, -0.05) is 18.2 Å². The molecule has 8 nitrogen and oxygen atoms in total. The van der Waals surface area contributed by atoms with Crippen LogP contribution in [0.2, 0.25) is 0 Å². The molecule has 0 aliphatic carbocycles. The molecule has 206 valence electrons. The lowest BCUT2D eigenvalue weighted by Gasteiger charge is -2.15. The Balaban J connectivity index is 1.59. The molecule has 0 fully saturated rings. The third kappa shape index (κ3) is 5.50. The van der Waals surface area contributed by atoms with Gasteiger partial charge in [0, 0.05) is 22.7 Å². The van der Waals surface area contributed by atoms with E-state index in [2.05, 4.69) is 19.7 Å². The summed E-state index contributed by atoms with van der Waals surface area (Å²) < 4.78 is 86.5. The van der Waals surface area contributed by atoms with E-state index in [1.807, 2.05) is 6.07 Å². The summed E-state index contributed by atoms with van der Waals surface area (Å²) in [4.78, 5) is 11.5. The van der Waals surface area contributed by atoms with E-state index in [1.54, 1.807) is 6.07 Å². The Bertz CT molecular complexity index is 1940. The molecule has 13 heteroatoms. The van der Waals surface area contributed by atoms with Gasteiger partial charge in [0.25, 0.3) is 10.0 Å². The number of nitrogens with one attached hydrogen (secondary N) is 1. The Kier molecular flexibility index (Phi) is 7.02. The van der Waals surface area contributed by atoms with Crippen molar-refractivity contribution < 1.29 is 30.7 Å². The molecule has 1 N–H and O–H groups in total. The van der Waals surface area contributed by atoms with Crippen molar-refractivity contribution in [3.05, 3.63) is 96.2 Å². The van der Waals surface area contributed by atoms with Crippen LogP contribution in [0.3, 0.4) is 0 Å². The number of halogens is 4. The van der Waals surface area contributed by atoms with Gasteiger partial charge in [0.1, 0.15) is 5.75 Å². The Morgan fingerprint density at radius 2 is 1.71 bits per heavy atom. The molecule has 0 spiro atoms. The molecule has 0 aliphatic rings. The third-order valence-corrected chi connectivity index (χ3v) is 7.43. The summed E-state index contributed by atoms with van der Waals surface area (Å²) in [5.74, 6) is -0.795. The second-order valence-electron chi connectivity index (χ2n) is 8.66. The highest BCUT2D eigenvalue weighted by atomic mass is 32.2. The quantitative estimate of drug-likeness (QED) is 0.238. The fourth-order valence-electron chi connectivity index (χ4n) is 4.21.